The summed E-state index contributed by atoms with van der Waals surface area (Å²) in [6.45, 7) is 9.93. The van der Waals surface area contributed by atoms with Crippen LogP contribution in [0, 0.1) is 34.5 Å². The van der Waals surface area contributed by atoms with Gasteiger partial charge in [-0.25, -0.2) is 0 Å². The fraction of sp³-hybridized carbons (Fsp3) is 0.852. The van der Waals surface area contributed by atoms with Gasteiger partial charge in [0.1, 0.15) is 5.78 Å². The summed E-state index contributed by atoms with van der Waals surface area (Å²) in [6.07, 6.45) is 7.08. The summed E-state index contributed by atoms with van der Waals surface area (Å²) in [7, 11) is 0. The van der Waals surface area contributed by atoms with Crippen LogP contribution in [-0.2, 0) is 9.59 Å². The summed E-state index contributed by atoms with van der Waals surface area (Å²) in [5.41, 5.74) is -1.57. The van der Waals surface area contributed by atoms with Gasteiger partial charge in [0.05, 0.1) is 17.3 Å². The maximum atomic E-state index is 13.2. The van der Waals surface area contributed by atoms with Crippen LogP contribution in [0.1, 0.15) is 92.4 Å². The molecule has 0 aliphatic heterocycles. The number of aliphatic hydroxyl groups excluding tert-OH is 1. The summed E-state index contributed by atoms with van der Waals surface area (Å²) in [5.74, 6) is 0.261. The lowest BCUT2D eigenvalue weighted by atomic mass is 9.46. The van der Waals surface area contributed by atoms with Crippen LogP contribution < -0.4 is 0 Å². The molecule has 0 aromatic heterocycles. The first kappa shape index (κ1) is 24.1. The lowest BCUT2D eigenvalue weighted by Crippen LogP contribution is -2.59. The first-order valence-electron chi connectivity index (χ1n) is 12.6. The minimum Gasteiger partial charge on any atom is -0.393 e. The first-order valence-corrected chi connectivity index (χ1v) is 12.6. The second-order valence-corrected chi connectivity index (χ2v) is 12.6. The molecule has 8 atom stereocenters. The molecule has 0 heterocycles. The number of hydrogen-bond donors (Lipinski definition) is 3. The molecule has 0 spiro atoms. The number of Topliss-reactive ketones (excluding diaryl/α,β-unsaturated/α-hetero) is 1. The molecule has 3 saturated carbocycles. The molecule has 3 fully saturated rings. The first-order chi connectivity index (χ1) is 14.7. The molecule has 5 nitrogen and oxygen atoms in total. The van der Waals surface area contributed by atoms with Gasteiger partial charge in [-0.15, -0.1) is 0 Å². The molecule has 32 heavy (non-hydrogen) atoms. The zero-order valence-corrected chi connectivity index (χ0v) is 20.5. The molecule has 4 rings (SSSR count). The van der Waals surface area contributed by atoms with Crippen LogP contribution >= 0.6 is 0 Å². The van der Waals surface area contributed by atoms with E-state index >= 15 is 0 Å². The van der Waals surface area contributed by atoms with Crippen molar-refractivity contribution in [3.63, 3.8) is 0 Å². The summed E-state index contributed by atoms with van der Waals surface area (Å²) >= 11 is 0. The maximum Gasteiger partial charge on any atom is 0.159 e. The number of carbonyl (C=O) groups is 2. The standard InChI is InChI=1S/C27H42O5/c1-16(22(29)9-10-24(2,3)31)18-8-13-27(32)20-15-23(30)21-14-17(28)6-11-25(21,4)19(20)7-12-26(18,27)5/h15-16,18-19,21-22,29,31-32H,6-14H2,1-5H3/t16-,18+,19?,21-,22+,25+,26+,27+/m0/s1. The molecule has 3 N–H and O–H groups in total. The number of carbonyl (C=O) groups excluding carboxylic acids is 2. The van der Waals surface area contributed by atoms with E-state index in [0.29, 0.717) is 32.1 Å². The third kappa shape index (κ3) is 3.54. The van der Waals surface area contributed by atoms with E-state index in [1.165, 1.54) is 0 Å². The fourth-order valence-corrected chi connectivity index (χ4v) is 8.05. The normalized spacial score (nSPS) is 43.8. The molecule has 0 bridgehead atoms. The van der Waals surface area contributed by atoms with E-state index in [0.717, 1.165) is 31.3 Å². The minimum absolute atomic E-state index is 0.00320. The molecule has 5 heteroatoms. The highest BCUT2D eigenvalue weighted by Gasteiger charge is 2.66. The van der Waals surface area contributed by atoms with E-state index in [2.05, 4.69) is 20.8 Å². The van der Waals surface area contributed by atoms with Gasteiger partial charge in [0.15, 0.2) is 5.78 Å². The molecule has 0 aromatic rings. The van der Waals surface area contributed by atoms with Gasteiger partial charge in [0.25, 0.3) is 0 Å². The minimum atomic E-state index is -1.03. The topological polar surface area (TPSA) is 94.8 Å². The number of aliphatic hydroxyl groups is 3. The maximum absolute atomic E-state index is 13.2. The van der Waals surface area contributed by atoms with Crippen LogP contribution in [0.4, 0.5) is 0 Å². The Labute approximate surface area is 192 Å². The van der Waals surface area contributed by atoms with Gasteiger partial charge < -0.3 is 15.3 Å². The van der Waals surface area contributed by atoms with E-state index in [-0.39, 0.29) is 40.7 Å². The molecule has 4 aliphatic carbocycles. The second-order valence-electron chi connectivity index (χ2n) is 12.6. The molecular formula is C27H42O5. The quantitative estimate of drug-likeness (QED) is 0.594. The van der Waals surface area contributed by atoms with Crippen LogP contribution in [0.5, 0.6) is 0 Å². The highest BCUT2D eigenvalue weighted by Crippen LogP contribution is 2.68. The van der Waals surface area contributed by atoms with Crippen molar-refractivity contribution in [3.05, 3.63) is 11.6 Å². The van der Waals surface area contributed by atoms with Crippen molar-refractivity contribution in [1.29, 1.82) is 0 Å². The molecule has 0 amide bonds. The van der Waals surface area contributed by atoms with E-state index in [1.807, 2.05) is 0 Å². The van der Waals surface area contributed by atoms with Crippen molar-refractivity contribution in [2.75, 3.05) is 0 Å². The predicted molar refractivity (Wildman–Crippen MR) is 123 cm³/mol. The lowest BCUT2D eigenvalue weighted by molar-refractivity contribution is -0.145. The van der Waals surface area contributed by atoms with Crippen LogP contribution in [0.3, 0.4) is 0 Å². The van der Waals surface area contributed by atoms with E-state index < -0.39 is 22.7 Å². The Balaban J connectivity index is 1.62. The number of fused-ring (bicyclic) bond motifs is 5. The molecular weight excluding hydrogens is 404 g/mol. The van der Waals surface area contributed by atoms with Gasteiger partial charge in [-0.05, 0) is 93.6 Å². The lowest BCUT2D eigenvalue weighted by Gasteiger charge is -2.59. The third-order valence-corrected chi connectivity index (χ3v) is 10.3. The van der Waals surface area contributed by atoms with Gasteiger partial charge in [0.2, 0.25) is 0 Å². The Morgan fingerprint density at radius 2 is 1.81 bits per heavy atom. The number of ketones is 2. The highest BCUT2D eigenvalue weighted by molar-refractivity contribution is 5.98. The van der Waals surface area contributed by atoms with Crippen LogP contribution in [0.2, 0.25) is 0 Å². The smallest absolute Gasteiger partial charge is 0.159 e. The Morgan fingerprint density at radius 1 is 1.12 bits per heavy atom. The van der Waals surface area contributed by atoms with Crippen molar-refractivity contribution >= 4 is 11.6 Å². The van der Waals surface area contributed by atoms with E-state index in [4.69, 9.17) is 0 Å². The van der Waals surface area contributed by atoms with Crippen LogP contribution in [0.25, 0.3) is 0 Å². The Morgan fingerprint density at radius 3 is 2.47 bits per heavy atom. The summed E-state index contributed by atoms with van der Waals surface area (Å²) in [5, 5.41) is 33.2. The van der Waals surface area contributed by atoms with E-state index in [1.54, 1.807) is 19.9 Å². The van der Waals surface area contributed by atoms with Crippen LogP contribution in [-0.4, -0.2) is 44.2 Å². The van der Waals surface area contributed by atoms with Crippen molar-refractivity contribution < 1.29 is 24.9 Å². The van der Waals surface area contributed by atoms with Crippen molar-refractivity contribution in [2.45, 2.75) is 110 Å². The molecule has 0 aromatic carbocycles. The molecule has 180 valence electrons. The van der Waals surface area contributed by atoms with Crippen molar-refractivity contribution in [2.24, 2.45) is 34.5 Å². The number of rotatable bonds is 5. The molecule has 0 radical (unpaired) electrons. The Kier molecular flexibility index (Phi) is 5.83. The zero-order valence-electron chi connectivity index (χ0n) is 20.5. The fourth-order valence-electron chi connectivity index (χ4n) is 8.05. The van der Waals surface area contributed by atoms with Crippen molar-refractivity contribution in [3.8, 4) is 0 Å². The predicted octanol–water partition coefficient (Wildman–Crippen LogP) is 3.98. The largest absolute Gasteiger partial charge is 0.393 e. The number of hydrogen-bond acceptors (Lipinski definition) is 5. The van der Waals surface area contributed by atoms with Crippen LogP contribution in [0.15, 0.2) is 11.6 Å². The van der Waals surface area contributed by atoms with Crippen molar-refractivity contribution in [1.82, 2.24) is 0 Å². The summed E-state index contributed by atoms with van der Waals surface area (Å²) < 4.78 is 0. The average Bonchev–Trinajstić information content (AvgIpc) is 2.98. The van der Waals surface area contributed by atoms with Gasteiger partial charge >= 0.3 is 0 Å². The van der Waals surface area contributed by atoms with Gasteiger partial charge in [-0.2, -0.15) is 0 Å². The Bertz CT molecular complexity index is 824. The van der Waals surface area contributed by atoms with Gasteiger partial charge in [-0.3, -0.25) is 9.59 Å². The average molecular weight is 447 g/mol. The second kappa shape index (κ2) is 7.74. The SMILES string of the molecule is C[C@H]([C@H](O)CCC(C)(C)O)[C@H]1CC[C@@]2(O)C3=CC(=O)[C@@H]4CC(=O)CC[C@]4(C)C3CC[C@]12C. The highest BCUT2D eigenvalue weighted by atomic mass is 16.3. The van der Waals surface area contributed by atoms with E-state index in [9.17, 15) is 24.9 Å². The monoisotopic (exact) mass is 446 g/mol. The molecule has 4 aliphatic rings. The summed E-state index contributed by atoms with van der Waals surface area (Å²) in [6, 6.07) is 0. The Hall–Kier alpha value is -1.04. The zero-order chi connectivity index (χ0) is 23.7. The number of allylic oxidation sites excluding steroid dienone is 1. The third-order valence-electron chi connectivity index (χ3n) is 10.3. The molecule has 0 saturated heterocycles. The van der Waals surface area contributed by atoms with Gasteiger partial charge in [0, 0.05) is 24.2 Å². The summed E-state index contributed by atoms with van der Waals surface area (Å²) in [4.78, 5) is 25.3. The van der Waals surface area contributed by atoms with Gasteiger partial charge in [-0.1, -0.05) is 20.8 Å². The molecule has 1 unspecified atom stereocenters.